The minimum Gasteiger partial charge on any atom is -0.333 e. The fraction of sp³-hybridized carbons (Fsp3) is 0.0714. The lowest BCUT2D eigenvalue weighted by molar-refractivity contribution is -0.144. The summed E-state index contributed by atoms with van der Waals surface area (Å²) in [6.45, 7) is 0. The van der Waals surface area contributed by atoms with Crippen LogP contribution < -0.4 is 0 Å². The molecule has 0 aliphatic carbocycles. The van der Waals surface area contributed by atoms with Crippen LogP contribution in [0, 0.1) is 0 Å². The number of H-pyrrole nitrogens is 1. The van der Waals surface area contributed by atoms with E-state index in [0.717, 1.165) is 0 Å². The molecule has 0 fully saturated rings. The van der Waals surface area contributed by atoms with E-state index in [9.17, 15) is 21.6 Å². The normalized spacial score (nSPS) is 12.7. The van der Waals surface area contributed by atoms with Gasteiger partial charge in [0.1, 0.15) is 10.4 Å². The zero-order valence-electron chi connectivity index (χ0n) is 12.1. The molecule has 0 amide bonds. The van der Waals surface area contributed by atoms with Crippen molar-refractivity contribution in [2.45, 2.75) is 16.0 Å². The molecule has 26 heavy (non-hydrogen) atoms. The Morgan fingerprint density at radius 1 is 1.04 bits per heavy atom. The summed E-state index contributed by atoms with van der Waals surface area (Å²) in [5.74, 6) is -1.27. The molecule has 1 aromatic heterocycles. The van der Waals surface area contributed by atoms with Gasteiger partial charge in [0, 0.05) is 5.02 Å². The van der Waals surface area contributed by atoms with Crippen molar-refractivity contribution in [2.75, 3.05) is 0 Å². The SMILES string of the molecule is O=S(=O)(c1ccc(Cl)cc1)c1c(Cl)c(Br)c2nc(C(F)(F)F)[nH]c2c1Br. The molecule has 3 rings (SSSR count). The molecule has 0 aliphatic heterocycles. The van der Waals surface area contributed by atoms with Gasteiger partial charge >= 0.3 is 6.18 Å². The Kier molecular flexibility index (Phi) is 5.11. The number of rotatable bonds is 2. The van der Waals surface area contributed by atoms with Crippen molar-refractivity contribution in [1.29, 1.82) is 0 Å². The Balaban J connectivity index is 2.35. The van der Waals surface area contributed by atoms with Gasteiger partial charge < -0.3 is 4.98 Å². The number of aromatic nitrogens is 2. The molecule has 1 N–H and O–H groups in total. The maximum atomic E-state index is 13.0. The third kappa shape index (κ3) is 3.26. The number of halogens is 7. The molecule has 0 saturated heterocycles. The number of aromatic amines is 1. The van der Waals surface area contributed by atoms with Crippen molar-refractivity contribution < 1.29 is 21.6 Å². The summed E-state index contributed by atoms with van der Waals surface area (Å²) in [6.07, 6.45) is -4.74. The Labute approximate surface area is 171 Å². The average Bonchev–Trinajstić information content (AvgIpc) is 2.99. The van der Waals surface area contributed by atoms with Crippen LogP contribution in [0.4, 0.5) is 13.2 Å². The molecule has 0 radical (unpaired) electrons. The standard InChI is InChI=1S/C14H5Br2Cl2F3N2O2S/c15-7-9(18)12(26(24,25)6-3-1-5(17)2-4-6)8(16)11-10(7)22-13(23-11)14(19,20)21/h1-4H,(H,22,23). The van der Waals surface area contributed by atoms with Crippen LogP contribution in [0.15, 0.2) is 43.0 Å². The maximum Gasteiger partial charge on any atom is 0.449 e. The van der Waals surface area contributed by atoms with Gasteiger partial charge in [-0.25, -0.2) is 13.4 Å². The number of sulfone groups is 1. The van der Waals surface area contributed by atoms with Crippen molar-refractivity contribution in [3.8, 4) is 0 Å². The van der Waals surface area contributed by atoms with E-state index >= 15 is 0 Å². The summed E-state index contributed by atoms with van der Waals surface area (Å²) < 4.78 is 64.5. The monoisotopic (exact) mass is 550 g/mol. The van der Waals surface area contributed by atoms with Gasteiger partial charge in [-0.15, -0.1) is 0 Å². The van der Waals surface area contributed by atoms with Crippen molar-refractivity contribution in [3.05, 3.63) is 49.1 Å². The lowest BCUT2D eigenvalue weighted by Gasteiger charge is -2.11. The number of hydrogen-bond acceptors (Lipinski definition) is 3. The lowest BCUT2D eigenvalue weighted by atomic mass is 10.3. The molecule has 0 spiro atoms. The third-order valence-corrected chi connectivity index (χ3v) is 8.02. The van der Waals surface area contributed by atoms with Gasteiger partial charge in [-0.05, 0) is 56.1 Å². The van der Waals surface area contributed by atoms with Gasteiger partial charge in [-0.2, -0.15) is 13.2 Å². The predicted molar refractivity (Wildman–Crippen MR) is 98.4 cm³/mol. The summed E-state index contributed by atoms with van der Waals surface area (Å²) in [5, 5.41) is 0.0358. The van der Waals surface area contributed by atoms with Crippen molar-refractivity contribution >= 4 is 75.9 Å². The topological polar surface area (TPSA) is 62.8 Å². The summed E-state index contributed by atoms with van der Waals surface area (Å²) in [5.41, 5.74) is -0.301. The second-order valence-corrected chi connectivity index (χ2v) is 9.32. The van der Waals surface area contributed by atoms with Gasteiger partial charge in [0.15, 0.2) is 0 Å². The van der Waals surface area contributed by atoms with Crippen molar-refractivity contribution in [3.63, 3.8) is 0 Å². The quantitative estimate of drug-likeness (QED) is 0.382. The lowest BCUT2D eigenvalue weighted by Crippen LogP contribution is -2.07. The van der Waals surface area contributed by atoms with Gasteiger partial charge in [0.05, 0.1) is 24.4 Å². The molecule has 138 valence electrons. The zero-order valence-corrected chi connectivity index (χ0v) is 17.6. The summed E-state index contributed by atoms with van der Waals surface area (Å²) in [4.78, 5) is 5.04. The second-order valence-electron chi connectivity index (χ2n) is 5.04. The number of hydrogen-bond donors (Lipinski definition) is 1. The first-order valence-electron chi connectivity index (χ1n) is 6.58. The van der Waals surface area contributed by atoms with E-state index in [2.05, 4.69) is 41.8 Å². The van der Waals surface area contributed by atoms with Crippen LogP contribution in [0.25, 0.3) is 11.0 Å². The van der Waals surface area contributed by atoms with Gasteiger partial charge in [0.25, 0.3) is 0 Å². The highest BCUT2D eigenvalue weighted by molar-refractivity contribution is 9.11. The van der Waals surface area contributed by atoms with Crippen LogP contribution in [0.3, 0.4) is 0 Å². The van der Waals surface area contributed by atoms with Crippen molar-refractivity contribution in [1.82, 2.24) is 9.97 Å². The first-order chi connectivity index (χ1) is 11.9. The molecule has 4 nitrogen and oxygen atoms in total. The Morgan fingerprint density at radius 3 is 2.15 bits per heavy atom. The maximum absolute atomic E-state index is 13.0. The fourth-order valence-electron chi connectivity index (χ4n) is 2.21. The second kappa shape index (κ2) is 6.66. The Bertz CT molecular complexity index is 1130. The van der Waals surface area contributed by atoms with E-state index in [1.165, 1.54) is 24.3 Å². The first kappa shape index (κ1) is 19.9. The summed E-state index contributed by atoms with van der Waals surface area (Å²) in [7, 11) is -4.15. The number of imidazole rings is 1. The van der Waals surface area contributed by atoms with Gasteiger partial charge in [-0.3, -0.25) is 0 Å². The molecule has 1 heterocycles. The number of fused-ring (bicyclic) bond motifs is 1. The third-order valence-electron chi connectivity index (χ3n) is 3.38. The number of nitrogens with zero attached hydrogens (tertiary/aromatic N) is 1. The minimum absolute atomic E-state index is 0.0725. The molecule has 3 aromatic rings. The highest BCUT2D eigenvalue weighted by atomic mass is 79.9. The van der Waals surface area contributed by atoms with Crippen molar-refractivity contribution in [2.24, 2.45) is 0 Å². The molecule has 12 heteroatoms. The Morgan fingerprint density at radius 2 is 1.62 bits per heavy atom. The molecular weight excluding hydrogens is 548 g/mol. The fourth-order valence-corrected chi connectivity index (χ4v) is 6.08. The van der Waals surface area contributed by atoms with E-state index in [-0.39, 0.29) is 29.9 Å². The van der Waals surface area contributed by atoms with Gasteiger partial charge in [0.2, 0.25) is 15.7 Å². The zero-order chi connectivity index (χ0) is 19.4. The smallest absolute Gasteiger partial charge is 0.333 e. The predicted octanol–water partition coefficient (Wildman–Crippen LogP) is 6.25. The van der Waals surface area contributed by atoms with Gasteiger partial charge in [-0.1, -0.05) is 23.2 Å². The molecular formula is C14H5Br2Cl2F3N2O2S. The molecule has 0 saturated carbocycles. The molecule has 0 unspecified atom stereocenters. The summed E-state index contributed by atoms with van der Waals surface area (Å²) >= 11 is 18.0. The molecule has 0 atom stereocenters. The molecule has 0 bridgehead atoms. The molecule has 2 aromatic carbocycles. The first-order valence-corrected chi connectivity index (χ1v) is 10.4. The van der Waals surface area contributed by atoms with Crippen LogP contribution in [0.5, 0.6) is 0 Å². The van der Waals surface area contributed by atoms with E-state index < -0.39 is 26.7 Å². The highest BCUT2D eigenvalue weighted by Crippen LogP contribution is 2.44. The van der Waals surface area contributed by atoms with E-state index in [1.807, 2.05) is 0 Å². The van der Waals surface area contributed by atoms with E-state index in [1.54, 1.807) is 0 Å². The van der Waals surface area contributed by atoms with E-state index in [0.29, 0.717) is 5.02 Å². The molecule has 0 aliphatic rings. The number of nitrogens with one attached hydrogen (secondary N) is 1. The van der Waals surface area contributed by atoms with Crippen LogP contribution >= 0.6 is 55.1 Å². The Hall–Kier alpha value is -0.810. The number of benzene rings is 2. The van der Waals surface area contributed by atoms with E-state index in [4.69, 9.17) is 23.2 Å². The average molecular weight is 553 g/mol. The van der Waals surface area contributed by atoms with Crippen LogP contribution in [-0.2, 0) is 16.0 Å². The summed E-state index contributed by atoms with van der Waals surface area (Å²) in [6, 6.07) is 5.29. The van der Waals surface area contributed by atoms with Crippen LogP contribution in [-0.4, -0.2) is 18.4 Å². The number of alkyl halides is 3. The minimum atomic E-state index is -4.74. The largest absolute Gasteiger partial charge is 0.449 e. The van der Waals surface area contributed by atoms with Crippen LogP contribution in [0.1, 0.15) is 5.82 Å². The highest BCUT2D eigenvalue weighted by Gasteiger charge is 2.37. The van der Waals surface area contributed by atoms with Crippen LogP contribution in [0.2, 0.25) is 10.0 Å².